The van der Waals surface area contributed by atoms with Crippen LogP contribution in [0.25, 0.3) is 65.7 Å². The zero-order valence-corrected chi connectivity index (χ0v) is 27.0. The molecule has 0 unspecified atom stereocenters. The van der Waals surface area contributed by atoms with Gasteiger partial charge in [0.05, 0.1) is 0 Å². The highest BCUT2D eigenvalue weighted by molar-refractivity contribution is 5.92. The van der Waals surface area contributed by atoms with E-state index in [1.54, 1.807) is 0 Å². The second-order valence-corrected chi connectivity index (χ2v) is 12.7. The molecule has 0 aliphatic rings. The quantitative estimate of drug-likeness (QED) is 0.178. The van der Waals surface area contributed by atoms with Crippen LogP contribution in [0.4, 0.5) is 17.1 Å². The molecule has 0 atom stereocenters. The summed E-state index contributed by atoms with van der Waals surface area (Å²) in [7, 11) is 0. The van der Waals surface area contributed by atoms with Gasteiger partial charge in [0.15, 0.2) is 0 Å². The molecule has 1 nitrogen and oxygen atoms in total. The molecule has 0 bridgehead atoms. The van der Waals surface area contributed by atoms with Crippen LogP contribution in [-0.4, -0.2) is 0 Å². The lowest BCUT2D eigenvalue weighted by Crippen LogP contribution is -2.10. The predicted octanol–water partition coefficient (Wildman–Crippen LogP) is 13.6. The van der Waals surface area contributed by atoms with Crippen LogP contribution in [0.2, 0.25) is 0 Å². The second-order valence-electron chi connectivity index (χ2n) is 12.7. The number of benzene rings is 9. The molecule has 49 heavy (non-hydrogen) atoms. The predicted molar refractivity (Wildman–Crippen MR) is 210 cm³/mol. The summed E-state index contributed by atoms with van der Waals surface area (Å²) in [6.07, 6.45) is 0. The SMILES string of the molecule is c1cc(-c2ccc3ccccc3c2)cc(N(c2cccc(-c3ccc4ccccc4c3)c2)c2cccc(-c3ccc4ccccc4c3)c2)c1. The van der Waals surface area contributed by atoms with Gasteiger partial charge in [-0.25, -0.2) is 0 Å². The molecule has 9 aromatic rings. The van der Waals surface area contributed by atoms with Gasteiger partial charge in [-0.15, -0.1) is 0 Å². The number of fused-ring (bicyclic) bond motifs is 3. The second kappa shape index (κ2) is 12.3. The van der Waals surface area contributed by atoms with Crippen molar-refractivity contribution in [3.63, 3.8) is 0 Å². The highest BCUT2D eigenvalue weighted by Gasteiger charge is 2.16. The van der Waals surface area contributed by atoms with Crippen molar-refractivity contribution in [2.24, 2.45) is 0 Å². The van der Waals surface area contributed by atoms with E-state index in [9.17, 15) is 0 Å². The summed E-state index contributed by atoms with van der Waals surface area (Å²) >= 11 is 0. The molecular formula is C48H33N. The van der Waals surface area contributed by atoms with Gasteiger partial charge < -0.3 is 4.90 Å². The van der Waals surface area contributed by atoms with Crippen molar-refractivity contribution in [3.05, 3.63) is 200 Å². The van der Waals surface area contributed by atoms with Gasteiger partial charge in [-0.1, -0.05) is 146 Å². The first kappa shape index (κ1) is 28.8. The van der Waals surface area contributed by atoms with E-state index in [4.69, 9.17) is 0 Å². The molecule has 1 heteroatoms. The Balaban J connectivity index is 1.19. The number of nitrogens with zero attached hydrogens (tertiary/aromatic N) is 1. The Bertz CT molecular complexity index is 2340. The van der Waals surface area contributed by atoms with Crippen LogP contribution in [0.1, 0.15) is 0 Å². The van der Waals surface area contributed by atoms with Crippen LogP contribution < -0.4 is 4.90 Å². The molecule has 0 amide bonds. The minimum absolute atomic E-state index is 1.11. The average Bonchev–Trinajstić information content (AvgIpc) is 3.18. The number of anilines is 3. The summed E-state index contributed by atoms with van der Waals surface area (Å²) in [6.45, 7) is 0. The minimum atomic E-state index is 1.11. The zero-order chi connectivity index (χ0) is 32.6. The Hall–Kier alpha value is -6.44. The largest absolute Gasteiger partial charge is 0.310 e. The van der Waals surface area contributed by atoms with Gasteiger partial charge in [0, 0.05) is 17.1 Å². The van der Waals surface area contributed by atoms with Crippen molar-refractivity contribution in [2.75, 3.05) is 4.90 Å². The van der Waals surface area contributed by atoms with Crippen LogP contribution >= 0.6 is 0 Å². The van der Waals surface area contributed by atoms with Crippen LogP contribution in [0.5, 0.6) is 0 Å². The molecule has 0 radical (unpaired) electrons. The maximum Gasteiger partial charge on any atom is 0.0467 e. The van der Waals surface area contributed by atoms with E-state index in [-0.39, 0.29) is 0 Å². The number of rotatable bonds is 6. The smallest absolute Gasteiger partial charge is 0.0467 e. The van der Waals surface area contributed by atoms with Crippen LogP contribution in [0.3, 0.4) is 0 Å². The van der Waals surface area contributed by atoms with E-state index >= 15 is 0 Å². The molecule has 0 aliphatic carbocycles. The summed E-state index contributed by atoms with van der Waals surface area (Å²) in [5, 5.41) is 7.48. The van der Waals surface area contributed by atoms with E-state index in [0.29, 0.717) is 0 Å². The lowest BCUT2D eigenvalue weighted by Gasteiger charge is -2.27. The zero-order valence-electron chi connectivity index (χ0n) is 27.0. The monoisotopic (exact) mass is 623 g/mol. The van der Waals surface area contributed by atoms with Crippen molar-refractivity contribution < 1.29 is 0 Å². The molecule has 0 fully saturated rings. The van der Waals surface area contributed by atoms with Crippen LogP contribution in [0.15, 0.2) is 200 Å². The fourth-order valence-corrected chi connectivity index (χ4v) is 7.03. The number of hydrogen-bond acceptors (Lipinski definition) is 1. The van der Waals surface area contributed by atoms with Crippen LogP contribution in [0, 0.1) is 0 Å². The fourth-order valence-electron chi connectivity index (χ4n) is 7.03. The molecule has 0 N–H and O–H groups in total. The van der Waals surface area contributed by atoms with Gasteiger partial charge in [0.1, 0.15) is 0 Å². The first-order chi connectivity index (χ1) is 24.2. The fraction of sp³-hybridized carbons (Fsp3) is 0. The molecule has 9 aromatic carbocycles. The number of hydrogen-bond donors (Lipinski definition) is 0. The molecular weight excluding hydrogens is 591 g/mol. The lowest BCUT2D eigenvalue weighted by atomic mass is 9.98. The molecule has 0 saturated carbocycles. The molecule has 0 heterocycles. The van der Waals surface area contributed by atoms with Gasteiger partial charge in [0.2, 0.25) is 0 Å². The highest BCUT2D eigenvalue weighted by Crippen LogP contribution is 2.40. The summed E-state index contributed by atoms with van der Waals surface area (Å²) in [5.41, 5.74) is 10.5. The normalized spacial score (nSPS) is 11.3. The summed E-state index contributed by atoms with van der Waals surface area (Å²) in [5.74, 6) is 0. The van der Waals surface area contributed by atoms with E-state index < -0.39 is 0 Å². The van der Waals surface area contributed by atoms with Crippen molar-refractivity contribution in [3.8, 4) is 33.4 Å². The topological polar surface area (TPSA) is 3.24 Å². The van der Waals surface area contributed by atoms with E-state index in [0.717, 1.165) is 17.1 Å². The average molecular weight is 624 g/mol. The van der Waals surface area contributed by atoms with E-state index in [1.165, 1.54) is 65.7 Å². The molecule has 0 spiro atoms. The Labute approximate surface area is 287 Å². The van der Waals surface area contributed by atoms with Gasteiger partial charge in [-0.05, 0) is 120 Å². The van der Waals surface area contributed by atoms with Crippen molar-refractivity contribution in [2.45, 2.75) is 0 Å². The Morgan fingerprint density at radius 2 is 0.490 bits per heavy atom. The third kappa shape index (κ3) is 5.62. The van der Waals surface area contributed by atoms with Crippen molar-refractivity contribution in [1.29, 1.82) is 0 Å². The van der Waals surface area contributed by atoms with E-state index in [2.05, 4.69) is 205 Å². The highest BCUT2D eigenvalue weighted by atomic mass is 15.1. The molecule has 0 aliphatic heterocycles. The molecule has 230 valence electrons. The Kier molecular flexibility index (Phi) is 7.22. The molecule has 9 rings (SSSR count). The van der Waals surface area contributed by atoms with Gasteiger partial charge in [-0.3, -0.25) is 0 Å². The third-order valence-corrected chi connectivity index (χ3v) is 9.56. The van der Waals surface area contributed by atoms with E-state index in [1.807, 2.05) is 0 Å². The Morgan fingerprint density at radius 3 is 0.816 bits per heavy atom. The lowest BCUT2D eigenvalue weighted by molar-refractivity contribution is 1.28. The van der Waals surface area contributed by atoms with Gasteiger partial charge in [0.25, 0.3) is 0 Å². The third-order valence-electron chi connectivity index (χ3n) is 9.56. The van der Waals surface area contributed by atoms with Crippen LogP contribution in [-0.2, 0) is 0 Å². The first-order valence-electron chi connectivity index (χ1n) is 16.8. The minimum Gasteiger partial charge on any atom is -0.310 e. The van der Waals surface area contributed by atoms with Gasteiger partial charge >= 0.3 is 0 Å². The summed E-state index contributed by atoms with van der Waals surface area (Å²) < 4.78 is 0. The molecule has 0 aromatic heterocycles. The summed E-state index contributed by atoms with van der Waals surface area (Å²) in [4.78, 5) is 2.39. The first-order valence-corrected chi connectivity index (χ1v) is 16.8. The van der Waals surface area contributed by atoms with Crippen molar-refractivity contribution >= 4 is 49.4 Å². The molecule has 0 saturated heterocycles. The van der Waals surface area contributed by atoms with Gasteiger partial charge in [-0.2, -0.15) is 0 Å². The standard InChI is InChI=1S/C48H33N/c1-4-13-37-28-43(25-22-34(37)10-1)40-16-7-19-46(31-40)49(47-20-8-17-41(32-47)44-26-23-35-11-2-5-14-38(35)29-44)48-21-9-18-42(33-48)45-27-24-36-12-3-6-15-39(36)30-45/h1-33H. The Morgan fingerprint density at radius 1 is 0.204 bits per heavy atom. The maximum absolute atomic E-state index is 2.39. The van der Waals surface area contributed by atoms with Crippen molar-refractivity contribution in [1.82, 2.24) is 0 Å². The maximum atomic E-state index is 2.39. The summed E-state index contributed by atoms with van der Waals surface area (Å²) in [6, 6.07) is 72.6.